The highest BCUT2D eigenvalue weighted by Gasteiger charge is 2.20. The van der Waals surface area contributed by atoms with Crippen LogP contribution in [0.4, 0.5) is 10.5 Å². The van der Waals surface area contributed by atoms with E-state index < -0.39 is 0 Å². The van der Waals surface area contributed by atoms with Gasteiger partial charge >= 0.3 is 6.03 Å². The summed E-state index contributed by atoms with van der Waals surface area (Å²) >= 11 is 0. The van der Waals surface area contributed by atoms with Crippen LogP contribution < -0.4 is 5.32 Å². The first-order valence-corrected chi connectivity index (χ1v) is 10.7. The Kier molecular flexibility index (Phi) is 6.61. The molecule has 30 heavy (non-hydrogen) atoms. The lowest BCUT2D eigenvalue weighted by Crippen LogP contribution is -2.38. The number of allylic oxidation sites excluding steroid dienone is 1. The Morgan fingerprint density at radius 3 is 2.43 bits per heavy atom. The van der Waals surface area contributed by atoms with Gasteiger partial charge in [0, 0.05) is 18.8 Å². The van der Waals surface area contributed by atoms with E-state index >= 15 is 0 Å². The zero-order valence-electron chi connectivity index (χ0n) is 17.3. The van der Waals surface area contributed by atoms with Crippen LogP contribution in [0.1, 0.15) is 35.1 Å². The average molecular weight is 397 g/mol. The van der Waals surface area contributed by atoms with Gasteiger partial charge in [0.1, 0.15) is 0 Å². The van der Waals surface area contributed by atoms with Crippen molar-refractivity contribution in [3.05, 3.63) is 107 Å². The number of hydrogen-bond acceptors (Lipinski definition) is 1. The van der Waals surface area contributed by atoms with Crippen LogP contribution in [0, 0.1) is 0 Å². The molecule has 1 N–H and O–H groups in total. The van der Waals surface area contributed by atoms with Gasteiger partial charge in [-0.1, -0.05) is 78.9 Å². The predicted octanol–water partition coefficient (Wildman–Crippen LogP) is 6.31. The number of aryl methyl sites for hydroxylation is 1. The van der Waals surface area contributed by atoms with Gasteiger partial charge in [-0.2, -0.15) is 0 Å². The molecule has 0 saturated carbocycles. The van der Waals surface area contributed by atoms with Crippen molar-refractivity contribution < 1.29 is 4.79 Å². The summed E-state index contributed by atoms with van der Waals surface area (Å²) in [5, 5.41) is 3.03. The molecule has 0 aromatic heterocycles. The SMILES string of the molecule is O=C(Nc1ccc(/C=C/CCCc2ccccc2)cc1)N1CCc2ccccc2C1. The number of fused-ring (bicyclic) bond motifs is 1. The van der Waals surface area contributed by atoms with Gasteiger partial charge in [-0.25, -0.2) is 4.79 Å². The third kappa shape index (κ3) is 5.38. The van der Waals surface area contributed by atoms with E-state index in [-0.39, 0.29) is 6.03 Å². The van der Waals surface area contributed by atoms with Crippen LogP contribution in [0.25, 0.3) is 6.08 Å². The molecule has 3 nitrogen and oxygen atoms in total. The Labute approximate surface area is 179 Å². The molecule has 1 heterocycles. The number of nitrogens with zero attached hydrogens (tertiary/aromatic N) is 1. The lowest BCUT2D eigenvalue weighted by molar-refractivity contribution is 0.206. The number of unbranched alkanes of at least 4 members (excludes halogenated alkanes) is 1. The number of carbonyl (C=O) groups excluding carboxylic acids is 1. The fraction of sp³-hybridized carbons (Fsp3) is 0.222. The minimum absolute atomic E-state index is 0.0336. The zero-order chi connectivity index (χ0) is 20.6. The Morgan fingerprint density at radius 2 is 1.63 bits per heavy atom. The molecule has 0 fully saturated rings. The van der Waals surface area contributed by atoms with E-state index in [4.69, 9.17) is 0 Å². The molecule has 2 amide bonds. The molecule has 0 unspecified atom stereocenters. The summed E-state index contributed by atoms with van der Waals surface area (Å²) in [5.74, 6) is 0. The zero-order valence-corrected chi connectivity index (χ0v) is 17.3. The second kappa shape index (κ2) is 9.93. The minimum Gasteiger partial charge on any atom is -0.320 e. The van der Waals surface area contributed by atoms with E-state index in [9.17, 15) is 4.79 Å². The van der Waals surface area contributed by atoms with Crippen molar-refractivity contribution in [2.24, 2.45) is 0 Å². The Bertz CT molecular complexity index is 993. The number of anilines is 1. The number of hydrogen-bond donors (Lipinski definition) is 1. The summed E-state index contributed by atoms with van der Waals surface area (Å²) in [4.78, 5) is 14.5. The monoisotopic (exact) mass is 396 g/mol. The van der Waals surface area contributed by atoms with Crippen LogP contribution in [-0.4, -0.2) is 17.5 Å². The van der Waals surface area contributed by atoms with Gasteiger partial charge in [0.05, 0.1) is 0 Å². The molecule has 1 aliphatic rings. The van der Waals surface area contributed by atoms with Crippen molar-refractivity contribution >= 4 is 17.8 Å². The molecular formula is C27H28N2O. The van der Waals surface area contributed by atoms with Crippen molar-refractivity contribution in [2.75, 3.05) is 11.9 Å². The van der Waals surface area contributed by atoms with Crippen LogP contribution in [0.15, 0.2) is 84.9 Å². The molecule has 0 bridgehead atoms. The van der Waals surface area contributed by atoms with Gasteiger partial charge in [0.15, 0.2) is 0 Å². The van der Waals surface area contributed by atoms with Crippen LogP contribution in [-0.2, 0) is 19.4 Å². The fourth-order valence-electron chi connectivity index (χ4n) is 3.84. The highest BCUT2D eigenvalue weighted by atomic mass is 16.2. The molecule has 3 heteroatoms. The van der Waals surface area contributed by atoms with Gasteiger partial charge in [-0.05, 0) is 60.1 Å². The number of nitrogens with one attached hydrogen (secondary N) is 1. The van der Waals surface area contributed by atoms with Crippen molar-refractivity contribution in [3.8, 4) is 0 Å². The van der Waals surface area contributed by atoms with Gasteiger partial charge in [0.2, 0.25) is 0 Å². The molecule has 3 aromatic carbocycles. The molecule has 0 atom stereocenters. The molecule has 1 aliphatic heterocycles. The Morgan fingerprint density at radius 1 is 0.900 bits per heavy atom. The molecule has 0 spiro atoms. The van der Waals surface area contributed by atoms with E-state index in [0.717, 1.165) is 43.5 Å². The number of amides is 2. The van der Waals surface area contributed by atoms with Gasteiger partial charge < -0.3 is 10.2 Å². The quantitative estimate of drug-likeness (QED) is 0.486. The molecule has 0 radical (unpaired) electrons. The van der Waals surface area contributed by atoms with Crippen molar-refractivity contribution in [3.63, 3.8) is 0 Å². The van der Waals surface area contributed by atoms with E-state index in [0.29, 0.717) is 6.54 Å². The molecule has 0 aliphatic carbocycles. The number of urea groups is 1. The number of carbonyl (C=O) groups is 1. The van der Waals surface area contributed by atoms with Crippen LogP contribution in [0.2, 0.25) is 0 Å². The van der Waals surface area contributed by atoms with E-state index in [1.165, 1.54) is 16.7 Å². The molecular weight excluding hydrogens is 368 g/mol. The number of benzene rings is 3. The topological polar surface area (TPSA) is 32.3 Å². The largest absolute Gasteiger partial charge is 0.322 e. The van der Waals surface area contributed by atoms with Crippen LogP contribution in [0.3, 0.4) is 0 Å². The van der Waals surface area contributed by atoms with Crippen LogP contribution >= 0.6 is 0 Å². The Hall–Kier alpha value is -3.33. The van der Waals surface area contributed by atoms with E-state index in [1.54, 1.807) is 0 Å². The maximum Gasteiger partial charge on any atom is 0.322 e. The second-order valence-corrected chi connectivity index (χ2v) is 7.77. The molecule has 152 valence electrons. The van der Waals surface area contributed by atoms with Crippen molar-refractivity contribution in [1.29, 1.82) is 0 Å². The standard InChI is InChI=1S/C27H28N2O/c30-27(29-20-19-24-13-7-8-14-25(24)21-29)28-26-17-15-23(16-18-26)12-6-2-5-11-22-9-3-1-4-10-22/h1,3-4,6-10,12-18H,2,5,11,19-21H2,(H,28,30)/b12-6+. The summed E-state index contributed by atoms with van der Waals surface area (Å²) < 4.78 is 0. The highest BCUT2D eigenvalue weighted by molar-refractivity contribution is 5.89. The first-order chi connectivity index (χ1) is 14.8. The lowest BCUT2D eigenvalue weighted by Gasteiger charge is -2.29. The van der Waals surface area contributed by atoms with E-state index in [2.05, 4.69) is 78.1 Å². The average Bonchev–Trinajstić information content (AvgIpc) is 2.80. The third-order valence-corrected chi connectivity index (χ3v) is 5.57. The maximum atomic E-state index is 12.6. The highest BCUT2D eigenvalue weighted by Crippen LogP contribution is 2.20. The summed E-state index contributed by atoms with van der Waals surface area (Å²) in [7, 11) is 0. The predicted molar refractivity (Wildman–Crippen MR) is 124 cm³/mol. The summed E-state index contributed by atoms with van der Waals surface area (Å²) in [6.07, 6.45) is 8.60. The molecule has 0 saturated heterocycles. The fourth-order valence-corrected chi connectivity index (χ4v) is 3.84. The molecule has 4 rings (SSSR count). The lowest BCUT2D eigenvalue weighted by atomic mass is 10.0. The van der Waals surface area contributed by atoms with Gasteiger partial charge in [-0.3, -0.25) is 0 Å². The number of rotatable bonds is 6. The first-order valence-electron chi connectivity index (χ1n) is 10.7. The van der Waals surface area contributed by atoms with Crippen molar-refractivity contribution in [1.82, 2.24) is 4.90 Å². The van der Waals surface area contributed by atoms with Crippen LogP contribution in [0.5, 0.6) is 0 Å². The third-order valence-electron chi connectivity index (χ3n) is 5.57. The van der Waals surface area contributed by atoms with Gasteiger partial charge in [0.25, 0.3) is 0 Å². The summed E-state index contributed by atoms with van der Waals surface area (Å²) in [6, 6.07) is 27.0. The summed E-state index contributed by atoms with van der Waals surface area (Å²) in [6.45, 7) is 1.43. The maximum absolute atomic E-state index is 12.6. The minimum atomic E-state index is -0.0336. The Balaban J connectivity index is 1.24. The first kappa shape index (κ1) is 20.0. The summed E-state index contributed by atoms with van der Waals surface area (Å²) in [5.41, 5.74) is 5.97. The van der Waals surface area contributed by atoms with E-state index in [1.807, 2.05) is 23.1 Å². The normalized spacial score (nSPS) is 13.3. The van der Waals surface area contributed by atoms with Gasteiger partial charge in [-0.15, -0.1) is 0 Å². The smallest absolute Gasteiger partial charge is 0.320 e. The van der Waals surface area contributed by atoms with Crippen molar-refractivity contribution in [2.45, 2.75) is 32.2 Å². The second-order valence-electron chi connectivity index (χ2n) is 7.77. The molecule has 3 aromatic rings.